The van der Waals surface area contributed by atoms with Gasteiger partial charge in [0.05, 0.1) is 6.10 Å². The molecule has 2 atom stereocenters. The van der Waals surface area contributed by atoms with Crippen molar-refractivity contribution >= 4 is 5.91 Å². The molecular weight excluding hydrogens is 252 g/mol. The molecule has 0 aromatic heterocycles. The Morgan fingerprint density at radius 2 is 2.10 bits per heavy atom. The summed E-state index contributed by atoms with van der Waals surface area (Å²) in [6, 6.07) is 8.29. The molecule has 110 valence electrons. The van der Waals surface area contributed by atoms with Gasteiger partial charge in [-0.3, -0.25) is 4.79 Å². The molecular formula is C16H24N2O2. The van der Waals surface area contributed by atoms with E-state index in [1.807, 2.05) is 24.3 Å². The van der Waals surface area contributed by atoms with Crippen molar-refractivity contribution in [3.63, 3.8) is 0 Å². The number of hydrogen-bond donors (Lipinski definition) is 2. The van der Waals surface area contributed by atoms with Crippen molar-refractivity contribution in [3.8, 4) is 0 Å². The van der Waals surface area contributed by atoms with Gasteiger partial charge >= 0.3 is 0 Å². The molecule has 0 aliphatic carbocycles. The third-order valence-corrected chi connectivity index (χ3v) is 3.86. The molecule has 1 aromatic rings. The molecule has 4 heteroatoms. The zero-order valence-corrected chi connectivity index (χ0v) is 12.3. The van der Waals surface area contributed by atoms with Crippen LogP contribution in [0.5, 0.6) is 0 Å². The quantitative estimate of drug-likeness (QED) is 0.866. The summed E-state index contributed by atoms with van der Waals surface area (Å²) in [7, 11) is 1.65. The normalized spacial score (nSPS) is 22.5. The van der Waals surface area contributed by atoms with Crippen molar-refractivity contribution in [2.24, 2.45) is 0 Å². The second-order valence-corrected chi connectivity index (χ2v) is 5.28. The van der Waals surface area contributed by atoms with E-state index in [0.717, 1.165) is 32.4 Å². The fourth-order valence-corrected chi connectivity index (χ4v) is 2.53. The van der Waals surface area contributed by atoms with Crippen molar-refractivity contribution in [1.29, 1.82) is 0 Å². The molecule has 1 fully saturated rings. The van der Waals surface area contributed by atoms with Gasteiger partial charge in [0.1, 0.15) is 0 Å². The summed E-state index contributed by atoms with van der Waals surface area (Å²) in [5.74, 6) is -0.0419. The Bertz CT molecular complexity index is 431. The minimum Gasteiger partial charge on any atom is -0.378 e. The number of benzene rings is 1. The van der Waals surface area contributed by atoms with Crippen LogP contribution >= 0.6 is 0 Å². The largest absolute Gasteiger partial charge is 0.378 e. The summed E-state index contributed by atoms with van der Waals surface area (Å²) in [5.41, 5.74) is 1.91. The predicted molar refractivity (Wildman–Crippen MR) is 79.7 cm³/mol. The molecule has 1 aromatic carbocycles. The van der Waals surface area contributed by atoms with Gasteiger partial charge in [-0.15, -0.1) is 0 Å². The number of nitrogens with one attached hydrogen (secondary N) is 2. The summed E-state index contributed by atoms with van der Waals surface area (Å²) < 4.78 is 5.68. The summed E-state index contributed by atoms with van der Waals surface area (Å²) in [6.07, 6.45) is 3.65. The Morgan fingerprint density at radius 3 is 2.75 bits per heavy atom. The van der Waals surface area contributed by atoms with Crippen LogP contribution in [0, 0.1) is 0 Å². The maximum absolute atomic E-state index is 11.5. The van der Waals surface area contributed by atoms with E-state index in [1.165, 1.54) is 5.56 Å². The van der Waals surface area contributed by atoms with E-state index in [1.54, 1.807) is 7.05 Å². The predicted octanol–water partition coefficient (Wildman–Crippen LogP) is 2.09. The van der Waals surface area contributed by atoms with Gasteiger partial charge in [0, 0.05) is 31.8 Å². The molecule has 1 saturated heterocycles. The van der Waals surface area contributed by atoms with Crippen molar-refractivity contribution in [2.75, 3.05) is 13.7 Å². The highest BCUT2D eigenvalue weighted by Crippen LogP contribution is 2.16. The Labute approximate surface area is 120 Å². The minimum absolute atomic E-state index is 0.0419. The van der Waals surface area contributed by atoms with E-state index in [2.05, 4.69) is 17.6 Å². The highest BCUT2D eigenvalue weighted by Gasteiger charge is 2.20. The van der Waals surface area contributed by atoms with Crippen LogP contribution in [0.3, 0.4) is 0 Å². The molecule has 20 heavy (non-hydrogen) atoms. The van der Waals surface area contributed by atoms with Crippen molar-refractivity contribution in [2.45, 2.75) is 44.9 Å². The molecule has 0 radical (unpaired) electrons. The molecule has 0 spiro atoms. The molecule has 0 saturated carbocycles. The van der Waals surface area contributed by atoms with E-state index < -0.39 is 0 Å². The molecule has 1 amide bonds. The molecule has 2 rings (SSSR count). The van der Waals surface area contributed by atoms with Gasteiger partial charge in [-0.05, 0) is 37.0 Å². The van der Waals surface area contributed by atoms with E-state index in [4.69, 9.17) is 4.74 Å². The van der Waals surface area contributed by atoms with Crippen LogP contribution < -0.4 is 10.6 Å². The summed E-state index contributed by atoms with van der Waals surface area (Å²) >= 11 is 0. The zero-order chi connectivity index (χ0) is 14.4. The van der Waals surface area contributed by atoms with E-state index in [0.29, 0.717) is 17.7 Å². The average Bonchev–Trinajstić information content (AvgIpc) is 2.53. The van der Waals surface area contributed by atoms with Crippen LogP contribution in [0.25, 0.3) is 0 Å². The number of carbonyl (C=O) groups excluding carboxylic acids is 1. The van der Waals surface area contributed by atoms with Crippen molar-refractivity contribution in [3.05, 3.63) is 35.4 Å². The molecule has 2 N–H and O–H groups in total. The fourth-order valence-electron chi connectivity index (χ4n) is 2.53. The Hall–Kier alpha value is -1.39. The lowest BCUT2D eigenvalue weighted by atomic mass is 10.0. The molecule has 1 heterocycles. The first kappa shape index (κ1) is 15.0. The van der Waals surface area contributed by atoms with Crippen LogP contribution in [0.2, 0.25) is 0 Å². The monoisotopic (exact) mass is 276 g/mol. The average molecular weight is 276 g/mol. The lowest BCUT2D eigenvalue weighted by Gasteiger charge is -2.29. The summed E-state index contributed by atoms with van der Waals surface area (Å²) in [5, 5.41) is 6.21. The summed E-state index contributed by atoms with van der Waals surface area (Å²) in [6.45, 7) is 3.87. The van der Waals surface area contributed by atoms with Gasteiger partial charge in [0.15, 0.2) is 0 Å². The molecule has 2 unspecified atom stereocenters. The molecule has 0 bridgehead atoms. The van der Waals surface area contributed by atoms with E-state index >= 15 is 0 Å². The second kappa shape index (κ2) is 7.41. The Morgan fingerprint density at radius 1 is 1.35 bits per heavy atom. The van der Waals surface area contributed by atoms with Gasteiger partial charge in [-0.1, -0.05) is 19.1 Å². The van der Waals surface area contributed by atoms with Gasteiger partial charge < -0.3 is 15.4 Å². The highest BCUT2D eigenvalue weighted by atomic mass is 16.5. The second-order valence-electron chi connectivity index (χ2n) is 5.28. The first-order valence-corrected chi connectivity index (χ1v) is 7.39. The van der Waals surface area contributed by atoms with Crippen molar-refractivity contribution < 1.29 is 9.53 Å². The van der Waals surface area contributed by atoms with Gasteiger partial charge in [0.2, 0.25) is 0 Å². The molecule has 4 nitrogen and oxygen atoms in total. The number of rotatable bonds is 5. The fraction of sp³-hybridized carbons (Fsp3) is 0.562. The number of carbonyl (C=O) groups is 1. The minimum atomic E-state index is -0.0419. The van der Waals surface area contributed by atoms with Crippen LogP contribution in [-0.2, 0) is 11.3 Å². The van der Waals surface area contributed by atoms with Crippen LogP contribution in [0.15, 0.2) is 24.3 Å². The first-order chi connectivity index (χ1) is 9.72. The Balaban J connectivity index is 1.83. The number of hydrogen-bond acceptors (Lipinski definition) is 3. The lowest BCUT2D eigenvalue weighted by Crippen LogP contribution is -2.38. The number of amides is 1. The highest BCUT2D eigenvalue weighted by molar-refractivity contribution is 5.93. The maximum atomic E-state index is 11.5. The summed E-state index contributed by atoms with van der Waals surface area (Å²) in [4.78, 5) is 11.5. The van der Waals surface area contributed by atoms with Crippen LogP contribution in [0.1, 0.15) is 42.1 Å². The van der Waals surface area contributed by atoms with Gasteiger partial charge in [-0.2, -0.15) is 0 Å². The van der Waals surface area contributed by atoms with Crippen LogP contribution in [0.4, 0.5) is 0 Å². The van der Waals surface area contributed by atoms with Crippen molar-refractivity contribution in [1.82, 2.24) is 10.6 Å². The van der Waals surface area contributed by atoms with Gasteiger partial charge in [0.25, 0.3) is 5.91 Å². The smallest absolute Gasteiger partial charge is 0.251 e. The topological polar surface area (TPSA) is 50.4 Å². The maximum Gasteiger partial charge on any atom is 0.251 e. The standard InChI is InChI=1S/C16H24N2O2/c1-3-15-10-14(8-9-20-15)18-11-12-4-6-13(7-5-12)16(19)17-2/h4-7,14-15,18H,3,8-11H2,1-2H3,(H,17,19). The third-order valence-electron chi connectivity index (χ3n) is 3.86. The molecule has 1 aliphatic heterocycles. The third kappa shape index (κ3) is 4.05. The SMILES string of the molecule is CCC1CC(NCc2ccc(C(=O)NC)cc2)CCO1. The van der Waals surface area contributed by atoms with E-state index in [-0.39, 0.29) is 5.91 Å². The Kier molecular flexibility index (Phi) is 5.56. The lowest BCUT2D eigenvalue weighted by molar-refractivity contribution is -0.000320. The van der Waals surface area contributed by atoms with E-state index in [9.17, 15) is 4.79 Å². The zero-order valence-electron chi connectivity index (χ0n) is 12.3. The molecule has 1 aliphatic rings. The van der Waals surface area contributed by atoms with Gasteiger partial charge in [-0.25, -0.2) is 0 Å². The first-order valence-electron chi connectivity index (χ1n) is 7.39. The van der Waals surface area contributed by atoms with Crippen LogP contribution in [-0.4, -0.2) is 31.7 Å². The number of ether oxygens (including phenoxy) is 1.